The van der Waals surface area contributed by atoms with E-state index < -0.39 is 0 Å². The zero-order chi connectivity index (χ0) is 13.8. The molecule has 1 aliphatic heterocycles. The normalized spacial score (nSPS) is 18.9. The zero-order valence-electron chi connectivity index (χ0n) is 11.1. The number of carbonyl (C=O) groups excluding carboxylic acids is 1. The second kappa shape index (κ2) is 5.92. The minimum atomic E-state index is 0.220. The van der Waals surface area contributed by atoms with Crippen LogP contribution >= 0.6 is 0 Å². The van der Waals surface area contributed by atoms with E-state index in [-0.39, 0.29) is 6.10 Å². The molecule has 1 fully saturated rings. The SMILES string of the molecule is O=Cc1cncc(-c2cn(CC3CCCCO3)nn2)c1. The Balaban J connectivity index is 1.73. The second-order valence-corrected chi connectivity index (χ2v) is 4.94. The second-order valence-electron chi connectivity index (χ2n) is 4.94. The van der Waals surface area contributed by atoms with Gasteiger partial charge in [0.15, 0.2) is 6.29 Å². The lowest BCUT2D eigenvalue weighted by Crippen LogP contribution is -2.24. The van der Waals surface area contributed by atoms with Crippen molar-refractivity contribution in [3.05, 3.63) is 30.2 Å². The molecule has 104 valence electrons. The summed E-state index contributed by atoms with van der Waals surface area (Å²) >= 11 is 0. The smallest absolute Gasteiger partial charge is 0.151 e. The van der Waals surface area contributed by atoms with Gasteiger partial charge in [-0.1, -0.05) is 5.21 Å². The van der Waals surface area contributed by atoms with E-state index in [0.717, 1.165) is 37.0 Å². The average molecular weight is 272 g/mol. The molecule has 0 aromatic carbocycles. The highest BCUT2D eigenvalue weighted by Gasteiger charge is 2.15. The van der Waals surface area contributed by atoms with E-state index in [1.165, 1.54) is 12.6 Å². The maximum atomic E-state index is 10.8. The Kier molecular flexibility index (Phi) is 3.83. The summed E-state index contributed by atoms with van der Waals surface area (Å²) in [7, 11) is 0. The van der Waals surface area contributed by atoms with E-state index in [2.05, 4.69) is 15.3 Å². The van der Waals surface area contributed by atoms with Gasteiger partial charge in [0.05, 0.1) is 18.8 Å². The lowest BCUT2D eigenvalue weighted by molar-refractivity contribution is 0.00370. The van der Waals surface area contributed by atoms with Gasteiger partial charge in [-0.2, -0.15) is 0 Å². The number of hydrogen-bond donors (Lipinski definition) is 0. The first-order chi connectivity index (χ1) is 9.85. The van der Waals surface area contributed by atoms with Crippen molar-refractivity contribution in [1.29, 1.82) is 0 Å². The molecule has 1 atom stereocenters. The molecule has 0 aliphatic carbocycles. The first-order valence-corrected chi connectivity index (χ1v) is 6.77. The van der Waals surface area contributed by atoms with Crippen molar-refractivity contribution in [3.63, 3.8) is 0 Å². The molecule has 0 spiro atoms. The predicted molar refractivity (Wildman–Crippen MR) is 72.2 cm³/mol. The Labute approximate surface area is 116 Å². The number of nitrogens with zero attached hydrogens (tertiary/aromatic N) is 4. The topological polar surface area (TPSA) is 69.9 Å². The van der Waals surface area contributed by atoms with Crippen molar-refractivity contribution >= 4 is 6.29 Å². The molecule has 1 aliphatic rings. The highest BCUT2D eigenvalue weighted by atomic mass is 16.5. The Morgan fingerprint density at radius 3 is 3.15 bits per heavy atom. The van der Waals surface area contributed by atoms with Gasteiger partial charge in [0.1, 0.15) is 5.69 Å². The molecule has 0 N–H and O–H groups in total. The number of ether oxygens (including phenoxy) is 1. The van der Waals surface area contributed by atoms with Gasteiger partial charge in [-0.05, 0) is 25.3 Å². The summed E-state index contributed by atoms with van der Waals surface area (Å²) in [6.45, 7) is 1.55. The zero-order valence-corrected chi connectivity index (χ0v) is 11.1. The highest BCUT2D eigenvalue weighted by Crippen LogP contribution is 2.18. The van der Waals surface area contributed by atoms with Crippen LogP contribution in [0.15, 0.2) is 24.7 Å². The van der Waals surface area contributed by atoms with Gasteiger partial charge in [-0.15, -0.1) is 5.10 Å². The molecule has 20 heavy (non-hydrogen) atoms. The van der Waals surface area contributed by atoms with Crippen LogP contribution in [-0.2, 0) is 11.3 Å². The van der Waals surface area contributed by atoms with Crippen molar-refractivity contribution in [2.24, 2.45) is 0 Å². The van der Waals surface area contributed by atoms with Gasteiger partial charge in [0.2, 0.25) is 0 Å². The average Bonchev–Trinajstić information content (AvgIpc) is 2.97. The summed E-state index contributed by atoms with van der Waals surface area (Å²) in [6, 6.07) is 1.76. The molecular weight excluding hydrogens is 256 g/mol. The lowest BCUT2D eigenvalue weighted by atomic mass is 10.1. The number of aldehydes is 1. The van der Waals surface area contributed by atoms with Crippen molar-refractivity contribution in [2.75, 3.05) is 6.61 Å². The highest BCUT2D eigenvalue weighted by molar-refractivity contribution is 5.77. The molecule has 6 heteroatoms. The van der Waals surface area contributed by atoms with Crippen LogP contribution in [-0.4, -0.2) is 39.0 Å². The van der Waals surface area contributed by atoms with Crippen molar-refractivity contribution < 1.29 is 9.53 Å². The molecule has 0 radical (unpaired) electrons. The summed E-state index contributed by atoms with van der Waals surface area (Å²) in [5.41, 5.74) is 2.05. The molecule has 0 amide bonds. The van der Waals surface area contributed by atoms with Crippen molar-refractivity contribution in [1.82, 2.24) is 20.0 Å². The van der Waals surface area contributed by atoms with Gasteiger partial charge in [0.25, 0.3) is 0 Å². The molecule has 0 bridgehead atoms. The molecule has 2 aromatic rings. The van der Waals surface area contributed by atoms with Crippen LogP contribution in [0.1, 0.15) is 29.6 Å². The van der Waals surface area contributed by atoms with Crippen molar-refractivity contribution in [3.8, 4) is 11.3 Å². The molecule has 1 saturated heterocycles. The molecule has 2 aromatic heterocycles. The van der Waals surface area contributed by atoms with Gasteiger partial charge < -0.3 is 4.74 Å². The van der Waals surface area contributed by atoms with Crippen LogP contribution in [0.5, 0.6) is 0 Å². The fraction of sp³-hybridized carbons (Fsp3) is 0.429. The van der Waals surface area contributed by atoms with E-state index in [0.29, 0.717) is 12.1 Å². The minimum Gasteiger partial charge on any atom is -0.376 e. The van der Waals surface area contributed by atoms with E-state index in [9.17, 15) is 4.79 Å². The number of rotatable bonds is 4. The maximum Gasteiger partial charge on any atom is 0.151 e. The van der Waals surface area contributed by atoms with Crippen LogP contribution in [0.3, 0.4) is 0 Å². The van der Waals surface area contributed by atoms with E-state index in [4.69, 9.17) is 4.74 Å². The Hall–Kier alpha value is -2.08. The molecule has 3 heterocycles. The number of aromatic nitrogens is 4. The van der Waals surface area contributed by atoms with Gasteiger partial charge in [-0.3, -0.25) is 9.78 Å². The Morgan fingerprint density at radius 2 is 2.35 bits per heavy atom. The molecule has 3 rings (SSSR count). The van der Waals surface area contributed by atoms with Crippen molar-refractivity contribution in [2.45, 2.75) is 31.9 Å². The van der Waals surface area contributed by atoms with Crippen LogP contribution in [0.2, 0.25) is 0 Å². The lowest BCUT2D eigenvalue weighted by Gasteiger charge is -2.21. The van der Waals surface area contributed by atoms with Crippen LogP contribution in [0, 0.1) is 0 Å². The number of carbonyl (C=O) groups is 1. The Morgan fingerprint density at radius 1 is 1.40 bits per heavy atom. The molecule has 6 nitrogen and oxygen atoms in total. The van der Waals surface area contributed by atoms with E-state index in [1.54, 1.807) is 16.9 Å². The molecule has 0 saturated carbocycles. The summed E-state index contributed by atoms with van der Waals surface area (Å²) in [5.74, 6) is 0. The number of pyridine rings is 1. The third-order valence-electron chi connectivity index (χ3n) is 3.39. The Bertz CT molecular complexity index is 590. The summed E-state index contributed by atoms with van der Waals surface area (Å²) < 4.78 is 7.48. The quantitative estimate of drug-likeness (QED) is 0.793. The third-order valence-corrected chi connectivity index (χ3v) is 3.39. The van der Waals surface area contributed by atoms with E-state index >= 15 is 0 Å². The largest absolute Gasteiger partial charge is 0.376 e. The van der Waals surface area contributed by atoms with Crippen LogP contribution < -0.4 is 0 Å². The fourth-order valence-electron chi connectivity index (χ4n) is 2.34. The van der Waals surface area contributed by atoms with Crippen LogP contribution in [0.4, 0.5) is 0 Å². The first-order valence-electron chi connectivity index (χ1n) is 6.77. The molecular formula is C14H16N4O2. The molecule has 1 unspecified atom stereocenters. The summed E-state index contributed by atoms with van der Waals surface area (Å²) in [6.07, 6.45) is 9.48. The minimum absolute atomic E-state index is 0.220. The van der Waals surface area contributed by atoms with Crippen LogP contribution in [0.25, 0.3) is 11.3 Å². The number of hydrogen-bond acceptors (Lipinski definition) is 5. The van der Waals surface area contributed by atoms with Gasteiger partial charge in [0, 0.05) is 30.1 Å². The predicted octanol–water partition coefficient (Wildman–Crippen LogP) is 1.72. The monoisotopic (exact) mass is 272 g/mol. The van der Waals surface area contributed by atoms with Gasteiger partial charge >= 0.3 is 0 Å². The summed E-state index contributed by atoms with van der Waals surface area (Å²) in [4.78, 5) is 14.8. The van der Waals surface area contributed by atoms with E-state index in [1.807, 2.05) is 6.20 Å². The fourth-order valence-corrected chi connectivity index (χ4v) is 2.34. The first kappa shape index (κ1) is 12.9. The standard InChI is InChI=1S/C14H16N4O2/c19-10-11-5-12(7-15-6-11)14-9-18(17-16-14)8-13-3-1-2-4-20-13/h5-7,9-10,13H,1-4,8H2. The maximum absolute atomic E-state index is 10.8. The summed E-state index contributed by atoms with van der Waals surface area (Å²) in [5, 5.41) is 8.24. The third kappa shape index (κ3) is 2.91. The van der Waals surface area contributed by atoms with Gasteiger partial charge in [-0.25, -0.2) is 4.68 Å².